The predicted molar refractivity (Wildman–Crippen MR) is 92.3 cm³/mol. The first kappa shape index (κ1) is 17.3. The lowest BCUT2D eigenvalue weighted by atomic mass is 9.85. The summed E-state index contributed by atoms with van der Waals surface area (Å²) >= 11 is 6.31. The van der Waals surface area contributed by atoms with Crippen molar-refractivity contribution < 1.29 is 19.1 Å². The van der Waals surface area contributed by atoms with Gasteiger partial charge in [0.1, 0.15) is 11.4 Å². The molecular formula is C17H18ClN3O4. The normalized spacial score (nSPS) is 16.1. The van der Waals surface area contributed by atoms with Gasteiger partial charge in [-0.05, 0) is 24.1 Å². The van der Waals surface area contributed by atoms with E-state index in [1.54, 1.807) is 12.1 Å². The maximum absolute atomic E-state index is 12.0. The number of amides is 1. The third-order valence-electron chi connectivity index (χ3n) is 4.01. The van der Waals surface area contributed by atoms with Crippen LogP contribution in [0, 0.1) is 0 Å². The van der Waals surface area contributed by atoms with Crippen molar-refractivity contribution in [2.24, 2.45) is 0 Å². The van der Waals surface area contributed by atoms with Crippen LogP contribution >= 0.6 is 11.6 Å². The average Bonchev–Trinajstić information content (AvgIpc) is 3.03. The summed E-state index contributed by atoms with van der Waals surface area (Å²) in [6, 6.07) is 5.38. The largest absolute Gasteiger partial charge is 0.492 e. The van der Waals surface area contributed by atoms with Gasteiger partial charge in [-0.1, -0.05) is 24.6 Å². The predicted octanol–water partition coefficient (Wildman–Crippen LogP) is 3.11. The fraction of sp³-hybridized carbons (Fsp3) is 0.353. The number of carbonyl (C=O) groups is 2. The summed E-state index contributed by atoms with van der Waals surface area (Å²) in [4.78, 5) is 24.0. The molecule has 0 saturated heterocycles. The molecule has 0 bridgehead atoms. The van der Waals surface area contributed by atoms with E-state index in [1.807, 2.05) is 13.0 Å². The highest BCUT2D eigenvalue weighted by Gasteiger charge is 2.34. The monoisotopic (exact) mass is 363 g/mol. The number of methoxy groups -OCH3 is 1. The van der Waals surface area contributed by atoms with E-state index in [9.17, 15) is 9.59 Å². The van der Waals surface area contributed by atoms with Crippen LogP contribution in [0.3, 0.4) is 0 Å². The smallest absolute Gasteiger partial charge is 0.356 e. The van der Waals surface area contributed by atoms with Crippen molar-refractivity contribution in [1.82, 2.24) is 10.2 Å². The number of aromatic nitrogens is 2. The molecule has 2 aromatic rings. The van der Waals surface area contributed by atoms with E-state index in [0.717, 1.165) is 12.0 Å². The number of ether oxygens (including phenoxy) is 2. The number of benzene rings is 1. The number of carbonyl (C=O) groups excluding carboxylic acids is 2. The number of H-pyrrole nitrogens is 1. The van der Waals surface area contributed by atoms with Gasteiger partial charge in [-0.2, -0.15) is 5.10 Å². The topological polar surface area (TPSA) is 93.3 Å². The molecular weight excluding hydrogens is 346 g/mol. The Bertz CT molecular complexity index is 818. The van der Waals surface area contributed by atoms with Gasteiger partial charge in [-0.25, -0.2) is 4.79 Å². The Morgan fingerprint density at radius 2 is 2.24 bits per heavy atom. The van der Waals surface area contributed by atoms with E-state index >= 15 is 0 Å². The second-order valence-electron chi connectivity index (χ2n) is 5.70. The second-order valence-corrected chi connectivity index (χ2v) is 6.10. The molecule has 132 valence electrons. The van der Waals surface area contributed by atoms with Gasteiger partial charge in [0.15, 0.2) is 5.82 Å². The minimum atomic E-state index is -0.538. The first-order valence-corrected chi connectivity index (χ1v) is 8.31. The maximum Gasteiger partial charge on any atom is 0.356 e. The molecule has 1 unspecified atom stereocenters. The Hall–Kier alpha value is -2.54. The van der Waals surface area contributed by atoms with Crippen LogP contribution in [0.4, 0.5) is 5.82 Å². The molecule has 2 N–H and O–H groups in total. The van der Waals surface area contributed by atoms with Gasteiger partial charge in [0.2, 0.25) is 5.91 Å². The molecule has 0 radical (unpaired) electrons. The number of anilines is 1. The number of esters is 1. The molecule has 3 rings (SSSR count). The quantitative estimate of drug-likeness (QED) is 0.796. The number of aromatic amines is 1. The van der Waals surface area contributed by atoms with Crippen molar-refractivity contribution in [2.45, 2.75) is 25.7 Å². The number of nitrogens with zero attached hydrogens (tertiary/aromatic N) is 1. The molecule has 25 heavy (non-hydrogen) atoms. The fourth-order valence-electron chi connectivity index (χ4n) is 2.86. The van der Waals surface area contributed by atoms with E-state index in [1.165, 1.54) is 7.11 Å². The standard InChI is InChI=1S/C17H18ClN3O4/c1-3-6-25-12-5-4-9(7-11(12)18)10-8-13(22)19-16-14(10)15(20-21-16)17(23)24-2/h4-5,7,10H,3,6,8H2,1-2H3,(H2,19,20,21,22). The molecule has 1 aromatic heterocycles. The molecule has 0 fully saturated rings. The maximum atomic E-state index is 12.0. The summed E-state index contributed by atoms with van der Waals surface area (Å²) in [5.41, 5.74) is 1.63. The number of hydrogen-bond donors (Lipinski definition) is 2. The Labute approximate surface area is 149 Å². The highest BCUT2D eigenvalue weighted by molar-refractivity contribution is 6.32. The lowest BCUT2D eigenvalue weighted by Crippen LogP contribution is -2.24. The Kier molecular flexibility index (Phi) is 4.94. The Balaban J connectivity index is 2.01. The molecule has 1 aliphatic rings. The fourth-order valence-corrected chi connectivity index (χ4v) is 3.10. The zero-order valence-corrected chi connectivity index (χ0v) is 14.6. The van der Waals surface area contributed by atoms with E-state index in [2.05, 4.69) is 15.5 Å². The summed E-state index contributed by atoms with van der Waals surface area (Å²) in [7, 11) is 1.29. The molecule has 0 aliphatic carbocycles. The summed E-state index contributed by atoms with van der Waals surface area (Å²) in [5, 5.41) is 9.79. The van der Waals surface area contributed by atoms with Crippen LogP contribution in [-0.2, 0) is 9.53 Å². The van der Waals surface area contributed by atoms with Crippen molar-refractivity contribution in [3.05, 3.63) is 40.0 Å². The lowest BCUT2D eigenvalue weighted by molar-refractivity contribution is -0.116. The number of nitrogens with one attached hydrogen (secondary N) is 2. The first-order valence-electron chi connectivity index (χ1n) is 7.93. The van der Waals surface area contributed by atoms with Crippen LogP contribution in [0.5, 0.6) is 5.75 Å². The van der Waals surface area contributed by atoms with Crippen LogP contribution in [0.25, 0.3) is 0 Å². The van der Waals surface area contributed by atoms with Crippen molar-refractivity contribution in [3.63, 3.8) is 0 Å². The van der Waals surface area contributed by atoms with Gasteiger partial charge in [0, 0.05) is 17.9 Å². The number of halogens is 1. The number of rotatable bonds is 5. The highest BCUT2D eigenvalue weighted by Crippen LogP contribution is 2.40. The molecule has 1 amide bonds. The summed E-state index contributed by atoms with van der Waals surface area (Å²) < 4.78 is 10.4. The third-order valence-corrected chi connectivity index (χ3v) is 4.30. The van der Waals surface area contributed by atoms with Crippen molar-refractivity contribution in [2.75, 3.05) is 19.0 Å². The van der Waals surface area contributed by atoms with E-state index < -0.39 is 5.97 Å². The summed E-state index contributed by atoms with van der Waals surface area (Å²) in [5.74, 6) is -0.140. The molecule has 1 aliphatic heterocycles. The van der Waals surface area contributed by atoms with Gasteiger partial charge in [0.25, 0.3) is 0 Å². The minimum Gasteiger partial charge on any atom is -0.492 e. The van der Waals surface area contributed by atoms with E-state index in [4.69, 9.17) is 21.1 Å². The second kappa shape index (κ2) is 7.14. The van der Waals surface area contributed by atoms with E-state index in [0.29, 0.717) is 28.8 Å². The average molecular weight is 364 g/mol. The Morgan fingerprint density at radius 3 is 2.92 bits per heavy atom. The molecule has 1 aromatic carbocycles. The van der Waals surface area contributed by atoms with Crippen molar-refractivity contribution in [1.29, 1.82) is 0 Å². The molecule has 0 saturated carbocycles. The third kappa shape index (κ3) is 3.32. The SMILES string of the molecule is CCCOc1ccc(C2CC(=O)Nc3n[nH]c(C(=O)OC)c32)cc1Cl. The van der Waals surface area contributed by atoms with Gasteiger partial charge >= 0.3 is 5.97 Å². The minimum absolute atomic E-state index is 0.178. The molecule has 0 spiro atoms. The van der Waals surface area contributed by atoms with Crippen molar-refractivity contribution in [3.8, 4) is 5.75 Å². The van der Waals surface area contributed by atoms with Crippen LogP contribution in [0.15, 0.2) is 18.2 Å². The van der Waals surface area contributed by atoms with Gasteiger partial charge in [-0.3, -0.25) is 9.89 Å². The number of hydrogen-bond acceptors (Lipinski definition) is 5. The zero-order valence-electron chi connectivity index (χ0n) is 13.9. The highest BCUT2D eigenvalue weighted by atomic mass is 35.5. The van der Waals surface area contributed by atoms with Gasteiger partial charge in [-0.15, -0.1) is 0 Å². The Morgan fingerprint density at radius 1 is 1.44 bits per heavy atom. The molecule has 1 atom stereocenters. The van der Waals surface area contributed by atoms with Gasteiger partial charge < -0.3 is 14.8 Å². The zero-order chi connectivity index (χ0) is 18.0. The first-order chi connectivity index (χ1) is 12.0. The summed E-state index contributed by atoms with van der Waals surface area (Å²) in [6.45, 7) is 2.58. The van der Waals surface area contributed by atoms with Crippen LogP contribution in [0.1, 0.15) is 47.3 Å². The van der Waals surface area contributed by atoms with Crippen LogP contribution in [-0.4, -0.2) is 35.8 Å². The van der Waals surface area contributed by atoms with Crippen molar-refractivity contribution >= 4 is 29.3 Å². The molecule has 7 nitrogen and oxygen atoms in total. The lowest BCUT2D eigenvalue weighted by Gasteiger charge is -2.23. The number of fused-ring (bicyclic) bond motifs is 1. The summed E-state index contributed by atoms with van der Waals surface area (Å²) in [6.07, 6.45) is 1.06. The molecule has 8 heteroatoms. The van der Waals surface area contributed by atoms with Gasteiger partial charge in [0.05, 0.1) is 18.7 Å². The van der Waals surface area contributed by atoms with Crippen LogP contribution < -0.4 is 10.1 Å². The molecule has 2 heterocycles. The van der Waals surface area contributed by atoms with Crippen LogP contribution in [0.2, 0.25) is 5.02 Å². The van der Waals surface area contributed by atoms with E-state index in [-0.39, 0.29) is 23.9 Å².